The summed E-state index contributed by atoms with van der Waals surface area (Å²) >= 11 is 0. The zero-order valence-electron chi connectivity index (χ0n) is 11.0. The average Bonchev–Trinajstić information content (AvgIpc) is 2.49. The van der Waals surface area contributed by atoms with Crippen LogP contribution in [0.4, 0.5) is 5.69 Å². The first-order valence-electron chi connectivity index (χ1n) is 6.68. The van der Waals surface area contributed by atoms with E-state index in [-0.39, 0.29) is 5.41 Å². The van der Waals surface area contributed by atoms with Crippen molar-refractivity contribution < 1.29 is 0 Å². The van der Waals surface area contributed by atoms with Gasteiger partial charge < -0.3 is 5.32 Å². The summed E-state index contributed by atoms with van der Waals surface area (Å²) in [6.07, 6.45) is 4.16. The van der Waals surface area contributed by atoms with E-state index in [2.05, 4.69) is 50.4 Å². The summed E-state index contributed by atoms with van der Waals surface area (Å²) < 4.78 is 0. The molecule has 17 heavy (non-hydrogen) atoms. The van der Waals surface area contributed by atoms with Crippen LogP contribution in [0.3, 0.4) is 0 Å². The molecular weight excluding hydrogens is 206 g/mol. The zero-order chi connectivity index (χ0) is 12.0. The van der Waals surface area contributed by atoms with Gasteiger partial charge >= 0.3 is 0 Å². The Hall–Kier alpha value is -1.24. The van der Waals surface area contributed by atoms with Gasteiger partial charge in [0.05, 0.1) is 0 Å². The van der Waals surface area contributed by atoms with E-state index in [1.165, 1.54) is 36.2 Å². The average molecular weight is 227 g/mol. The van der Waals surface area contributed by atoms with Crippen molar-refractivity contribution in [3.05, 3.63) is 41.1 Å². The Kier molecular flexibility index (Phi) is 2.32. The lowest BCUT2D eigenvalue weighted by atomic mass is 9.74. The van der Waals surface area contributed by atoms with E-state index in [9.17, 15) is 0 Å². The molecule has 0 aromatic heterocycles. The summed E-state index contributed by atoms with van der Waals surface area (Å²) in [4.78, 5) is 0. The third kappa shape index (κ3) is 1.52. The molecule has 0 saturated heterocycles. The van der Waals surface area contributed by atoms with Crippen LogP contribution in [0, 0.1) is 5.92 Å². The van der Waals surface area contributed by atoms with Crippen molar-refractivity contribution in [3.8, 4) is 0 Å². The highest BCUT2D eigenvalue weighted by Gasteiger charge is 2.37. The van der Waals surface area contributed by atoms with Crippen molar-refractivity contribution in [2.24, 2.45) is 5.92 Å². The molecule has 0 unspecified atom stereocenters. The van der Waals surface area contributed by atoms with Crippen LogP contribution < -0.4 is 5.32 Å². The van der Waals surface area contributed by atoms with E-state index in [4.69, 9.17) is 0 Å². The summed E-state index contributed by atoms with van der Waals surface area (Å²) in [6.45, 7) is 6.99. The van der Waals surface area contributed by atoms with Crippen molar-refractivity contribution in [1.29, 1.82) is 0 Å². The Morgan fingerprint density at radius 2 is 1.94 bits per heavy atom. The molecule has 1 aromatic rings. The van der Waals surface area contributed by atoms with Gasteiger partial charge in [0.25, 0.3) is 0 Å². The Bertz CT molecular complexity index is 478. The minimum atomic E-state index is 0.149. The van der Waals surface area contributed by atoms with E-state index in [0.29, 0.717) is 0 Å². The third-order valence-electron chi connectivity index (χ3n) is 4.60. The van der Waals surface area contributed by atoms with E-state index in [1.807, 2.05) is 0 Å². The van der Waals surface area contributed by atoms with Crippen LogP contribution in [-0.4, -0.2) is 0 Å². The van der Waals surface area contributed by atoms with E-state index >= 15 is 0 Å². The first-order valence-corrected chi connectivity index (χ1v) is 6.68. The normalized spacial score (nSPS) is 24.9. The van der Waals surface area contributed by atoms with E-state index in [0.717, 1.165) is 5.92 Å². The maximum absolute atomic E-state index is 3.65. The lowest BCUT2D eigenvalue weighted by molar-refractivity contribution is 0.362. The summed E-state index contributed by atoms with van der Waals surface area (Å²) in [5, 5.41) is 3.65. The van der Waals surface area contributed by atoms with Crippen LogP contribution in [-0.2, 0) is 5.41 Å². The number of hydrogen-bond acceptors (Lipinski definition) is 1. The largest absolute Gasteiger partial charge is 0.358 e. The fourth-order valence-electron chi connectivity index (χ4n) is 3.20. The van der Waals surface area contributed by atoms with Gasteiger partial charge in [-0.05, 0) is 37.3 Å². The fraction of sp³-hybridized carbons (Fsp3) is 0.500. The Labute approximate surface area is 104 Å². The molecule has 0 bridgehead atoms. The molecule has 2 aliphatic rings. The van der Waals surface area contributed by atoms with Crippen LogP contribution in [0.15, 0.2) is 35.5 Å². The molecule has 1 nitrogen and oxygen atoms in total. The quantitative estimate of drug-likeness (QED) is 0.746. The monoisotopic (exact) mass is 227 g/mol. The Morgan fingerprint density at radius 1 is 1.24 bits per heavy atom. The number of fused-ring (bicyclic) bond motifs is 1. The molecule has 0 spiro atoms. The lowest BCUT2D eigenvalue weighted by Crippen LogP contribution is -2.23. The number of allylic oxidation sites excluding steroid dienone is 2. The lowest BCUT2D eigenvalue weighted by Gasteiger charge is -2.31. The van der Waals surface area contributed by atoms with Gasteiger partial charge in [-0.25, -0.2) is 0 Å². The van der Waals surface area contributed by atoms with Gasteiger partial charge in [-0.2, -0.15) is 0 Å². The third-order valence-corrected chi connectivity index (χ3v) is 4.60. The van der Waals surface area contributed by atoms with Crippen LogP contribution in [0.2, 0.25) is 0 Å². The molecular formula is C16H21N. The highest BCUT2D eigenvalue weighted by Crippen LogP contribution is 2.47. The first kappa shape index (κ1) is 10.9. The topological polar surface area (TPSA) is 12.0 Å². The Balaban J connectivity index is 2.06. The smallest absolute Gasteiger partial charge is 0.0424 e. The highest BCUT2D eigenvalue weighted by molar-refractivity contribution is 5.68. The second-order valence-electron chi connectivity index (χ2n) is 5.98. The van der Waals surface area contributed by atoms with Crippen molar-refractivity contribution in [1.82, 2.24) is 0 Å². The highest BCUT2D eigenvalue weighted by atomic mass is 15.0. The number of hydrogen-bond donors (Lipinski definition) is 1. The zero-order valence-corrected chi connectivity index (χ0v) is 11.0. The van der Waals surface area contributed by atoms with Gasteiger partial charge in [0.1, 0.15) is 0 Å². The summed E-state index contributed by atoms with van der Waals surface area (Å²) in [6, 6.07) is 8.70. The van der Waals surface area contributed by atoms with E-state index in [1.54, 1.807) is 5.57 Å². The fourth-order valence-corrected chi connectivity index (χ4v) is 3.20. The molecule has 1 heterocycles. The molecule has 0 atom stereocenters. The summed E-state index contributed by atoms with van der Waals surface area (Å²) in [5.41, 5.74) is 5.91. The molecule has 1 fully saturated rings. The number of para-hydroxylation sites is 1. The number of rotatable bonds is 1. The molecule has 3 rings (SSSR count). The van der Waals surface area contributed by atoms with Crippen molar-refractivity contribution >= 4 is 5.69 Å². The maximum Gasteiger partial charge on any atom is 0.0424 e. The Morgan fingerprint density at radius 3 is 2.53 bits per heavy atom. The predicted molar refractivity (Wildman–Crippen MR) is 73.1 cm³/mol. The standard InChI is InChI=1S/C16H21N/c1-11(12-7-6-8-12)15-16(2,3)13-9-4-5-10-14(13)17-15/h4-5,9-10,12,17H,6-8H2,1-3H3. The predicted octanol–water partition coefficient (Wildman–Crippen LogP) is 4.46. The molecule has 1 aromatic carbocycles. The molecule has 1 heteroatoms. The maximum atomic E-state index is 3.65. The van der Waals surface area contributed by atoms with Gasteiger partial charge in [-0.3, -0.25) is 0 Å². The van der Waals surface area contributed by atoms with Crippen molar-refractivity contribution in [2.75, 3.05) is 5.32 Å². The van der Waals surface area contributed by atoms with Gasteiger partial charge in [0.2, 0.25) is 0 Å². The van der Waals surface area contributed by atoms with Crippen LogP contribution in [0.1, 0.15) is 45.6 Å². The summed E-state index contributed by atoms with van der Waals surface area (Å²) in [7, 11) is 0. The molecule has 0 radical (unpaired) electrons. The van der Waals surface area contributed by atoms with Gasteiger partial charge in [0.15, 0.2) is 0 Å². The SMILES string of the molecule is CC(=C1Nc2ccccc2C1(C)C)C1CCC1. The minimum Gasteiger partial charge on any atom is -0.358 e. The second-order valence-corrected chi connectivity index (χ2v) is 5.98. The number of anilines is 1. The van der Waals surface area contributed by atoms with Crippen LogP contribution in [0.25, 0.3) is 0 Å². The molecule has 1 aliphatic carbocycles. The summed E-state index contributed by atoms with van der Waals surface area (Å²) in [5.74, 6) is 0.825. The van der Waals surface area contributed by atoms with E-state index < -0.39 is 0 Å². The molecule has 90 valence electrons. The number of benzene rings is 1. The van der Waals surface area contributed by atoms with Crippen LogP contribution in [0.5, 0.6) is 0 Å². The molecule has 1 aliphatic heterocycles. The minimum absolute atomic E-state index is 0.149. The molecule has 0 amide bonds. The molecule has 1 N–H and O–H groups in total. The molecule has 1 saturated carbocycles. The first-order chi connectivity index (χ1) is 8.10. The number of nitrogens with one attached hydrogen (secondary N) is 1. The van der Waals surface area contributed by atoms with Gasteiger partial charge in [-0.15, -0.1) is 0 Å². The van der Waals surface area contributed by atoms with Crippen molar-refractivity contribution in [2.45, 2.75) is 45.4 Å². The van der Waals surface area contributed by atoms with Crippen molar-refractivity contribution in [3.63, 3.8) is 0 Å². The van der Waals surface area contributed by atoms with Gasteiger partial charge in [0, 0.05) is 16.8 Å². The van der Waals surface area contributed by atoms with Crippen LogP contribution >= 0.6 is 0 Å². The van der Waals surface area contributed by atoms with Gasteiger partial charge in [-0.1, -0.05) is 44.0 Å². The second kappa shape index (κ2) is 3.63.